The van der Waals surface area contributed by atoms with Crippen LogP contribution in [0.25, 0.3) is 0 Å². The van der Waals surface area contributed by atoms with E-state index in [0.29, 0.717) is 18.0 Å². The molecule has 2 aromatic carbocycles. The monoisotopic (exact) mass is 393 g/mol. The Morgan fingerprint density at radius 1 is 1.11 bits per heavy atom. The van der Waals surface area contributed by atoms with Gasteiger partial charge in [0.1, 0.15) is 18.2 Å². The molecule has 0 unspecified atom stereocenters. The second-order valence-electron chi connectivity index (χ2n) is 5.68. The second-order valence-corrected chi connectivity index (χ2v) is 7.25. The molecule has 0 saturated heterocycles. The van der Waals surface area contributed by atoms with Crippen molar-refractivity contribution in [3.63, 3.8) is 0 Å². The minimum absolute atomic E-state index is 0.0216. The first-order valence-electron chi connectivity index (χ1n) is 7.88. The summed E-state index contributed by atoms with van der Waals surface area (Å²) in [6, 6.07) is 11.4. The minimum Gasteiger partial charge on any atom is -0.492 e. The van der Waals surface area contributed by atoms with Crippen molar-refractivity contribution in [2.75, 3.05) is 6.61 Å². The van der Waals surface area contributed by atoms with Crippen molar-refractivity contribution in [1.82, 2.24) is 9.72 Å². The maximum atomic E-state index is 13.0. The third-order valence-corrected chi connectivity index (χ3v) is 4.70. The molecule has 0 bridgehead atoms. The predicted molar refractivity (Wildman–Crippen MR) is 93.3 cm³/mol. The standard InChI is InChI=1S/C17H16FN3O5S/c18-13-3-1-12(2-4-13)11-16-20-26-17(22)21(16)9-10-25-14-5-7-15(8-6-14)27(19,23)24/h1-8H,9-11H2,(H2,19,23,24). The number of halogens is 1. The molecule has 0 aliphatic carbocycles. The first-order valence-corrected chi connectivity index (χ1v) is 9.43. The number of rotatable bonds is 7. The van der Waals surface area contributed by atoms with Gasteiger partial charge in [0, 0.05) is 6.42 Å². The SMILES string of the molecule is NS(=O)(=O)c1ccc(OCCn2c(Cc3ccc(F)cc3)noc2=O)cc1. The molecule has 0 spiro atoms. The summed E-state index contributed by atoms with van der Waals surface area (Å²) in [6.45, 7) is 0.308. The molecule has 0 atom stereocenters. The number of aromatic nitrogens is 2. The Labute approximate surface area is 154 Å². The fourth-order valence-electron chi connectivity index (χ4n) is 2.41. The molecule has 3 aromatic rings. The Bertz CT molecular complexity index is 1070. The van der Waals surface area contributed by atoms with Gasteiger partial charge in [-0.15, -0.1) is 0 Å². The highest BCUT2D eigenvalue weighted by Crippen LogP contribution is 2.15. The Morgan fingerprint density at radius 2 is 1.78 bits per heavy atom. The van der Waals surface area contributed by atoms with Gasteiger partial charge in [0.25, 0.3) is 0 Å². The second kappa shape index (κ2) is 7.72. The van der Waals surface area contributed by atoms with Gasteiger partial charge >= 0.3 is 5.76 Å². The molecule has 0 aliphatic rings. The van der Waals surface area contributed by atoms with Gasteiger partial charge in [-0.2, -0.15) is 0 Å². The van der Waals surface area contributed by atoms with Crippen LogP contribution >= 0.6 is 0 Å². The molecule has 1 aromatic heterocycles. The molecule has 0 fully saturated rings. The van der Waals surface area contributed by atoms with E-state index in [0.717, 1.165) is 5.56 Å². The van der Waals surface area contributed by atoms with Gasteiger partial charge in [-0.3, -0.25) is 9.09 Å². The van der Waals surface area contributed by atoms with Crippen molar-refractivity contribution in [3.8, 4) is 5.75 Å². The van der Waals surface area contributed by atoms with Crippen LogP contribution in [-0.4, -0.2) is 24.7 Å². The third kappa shape index (κ3) is 4.80. The molecule has 10 heteroatoms. The lowest BCUT2D eigenvalue weighted by atomic mass is 10.1. The zero-order valence-corrected chi connectivity index (χ0v) is 14.9. The summed E-state index contributed by atoms with van der Waals surface area (Å²) >= 11 is 0. The fourth-order valence-corrected chi connectivity index (χ4v) is 2.92. The highest BCUT2D eigenvalue weighted by molar-refractivity contribution is 7.89. The molecular formula is C17H16FN3O5S. The minimum atomic E-state index is -3.76. The van der Waals surface area contributed by atoms with Gasteiger partial charge in [-0.25, -0.2) is 22.7 Å². The van der Waals surface area contributed by atoms with E-state index in [1.165, 1.54) is 41.0 Å². The van der Waals surface area contributed by atoms with E-state index in [1.54, 1.807) is 12.1 Å². The van der Waals surface area contributed by atoms with Gasteiger partial charge in [0.2, 0.25) is 10.0 Å². The molecule has 0 saturated carbocycles. The smallest absolute Gasteiger partial charge is 0.441 e. The average Bonchev–Trinajstić information content (AvgIpc) is 2.97. The number of ether oxygens (including phenoxy) is 1. The van der Waals surface area contributed by atoms with Crippen LogP contribution in [0.5, 0.6) is 5.75 Å². The van der Waals surface area contributed by atoms with Crippen LogP contribution < -0.4 is 15.6 Å². The molecule has 2 N–H and O–H groups in total. The third-order valence-electron chi connectivity index (χ3n) is 3.77. The molecule has 0 radical (unpaired) electrons. The number of nitrogens with zero attached hydrogens (tertiary/aromatic N) is 2. The summed E-state index contributed by atoms with van der Waals surface area (Å²) in [5.41, 5.74) is 0.776. The summed E-state index contributed by atoms with van der Waals surface area (Å²) in [6.07, 6.45) is 0.301. The van der Waals surface area contributed by atoms with Crippen LogP contribution in [0.3, 0.4) is 0 Å². The van der Waals surface area contributed by atoms with Gasteiger partial charge in [0.05, 0.1) is 11.4 Å². The Morgan fingerprint density at radius 3 is 2.41 bits per heavy atom. The quantitative estimate of drug-likeness (QED) is 0.646. The van der Waals surface area contributed by atoms with Crippen molar-refractivity contribution >= 4 is 10.0 Å². The van der Waals surface area contributed by atoms with Crippen LogP contribution in [0.15, 0.2) is 62.7 Å². The average molecular weight is 393 g/mol. The summed E-state index contributed by atoms with van der Waals surface area (Å²) in [7, 11) is -3.76. The topological polar surface area (TPSA) is 117 Å². The van der Waals surface area contributed by atoms with Crippen LogP contribution in [0.4, 0.5) is 4.39 Å². The van der Waals surface area contributed by atoms with E-state index < -0.39 is 15.8 Å². The highest BCUT2D eigenvalue weighted by atomic mass is 32.2. The fraction of sp³-hybridized carbons (Fsp3) is 0.176. The summed E-state index contributed by atoms with van der Waals surface area (Å²) in [5, 5.41) is 8.77. The molecule has 3 rings (SSSR count). The number of nitrogens with two attached hydrogens (primary N) is 1. The number of hydrogen-bond donors (Lipinski definition) is 1. The van der Waals surface area contributed by atoms with Crippen LogP contribution in [-0.2, 0) is 23.0 Å². The largest absolute Gasteiger partial charge is 0.492 e. The Kier molecular flexibility index (Phi) is 5.38. The molecule has 0 aliphatic heterocycles. The van der Waals surface area contributed by atoms with E-state index in [-0.39, 0.29) is 23.9 Å². The summed E-state index contributed by atoms with van der Waals surface area (Å²) in [5.74, 6) is -0.162. The maximum Gasteiger partial charge on any atom is 0.441 e. The van der Waals surface area contributed by atoms with E-state index in [9.17, 15) is 17.6 Å². The molecular weight excluding hydrogens is 377 g/mol. The van der Waals surface area contributed by atoms with E-state index >= 15 is 0 Å². The predicted octanol–water partition coefficient (Wildman–Crippen LogP) is 1.29. The van der Waals surface area contributed by atoms with Crippen molar-refractivity contribution in [2.45, 2.75) is 17.9 Å². The first-order chi connectivity index (χ1) is 12.8. The van der Waals surface area contributed by atoms with E-state index in [2.05, 4.69) is 5.16 Å². The van der Waals surface area contributed by atoms with Crippen LogP contribution in [0.1, 0.15) is 11.4 Å². The Balaban J connectivity index is 1.64. The Hall–Kier alpha value is -2.98. The molecule has 142 valence electrons. The first kappa shape index (κ1) is 18.8. The van der Waals surface area contributed by atoms with Gasteiger partial charge in [-0.1, -0.05) is 17.3 Å². The summed E-state index contributed by atoms with van der Waals surface area (Å²) in [4.78, 5) is 11.8. The zero-order chi connectivity index (χ0) is 19.4. The van der Waals surface area contributed by atoms with E-state index in [1.807, 2.05) is 0 Å². The van der Waals surface area contributed by atoms with Gasteiger partial charge in [-0.05, 0) is 42.0 Å². The van der Waals surface area contributed by atoms with E-state index in [4.69, 9.17) is 14.4 Å². The van der Waals surface area contributed by atoms with Crippen molar-refractivity contribution < 1.29 is 22.1 Å². The lowest BCUT2D eigenvalue weighted by Gasteiger charge is -2.08. The van der Waals surface area contributed by atoms with Crippen LogP contribution in [0, 0.1) is 5.82 Å². The number of sulfonamides is 1. The van der Waals surface area contributed by atoms with Gasteiger partial charge in [0.15, 0.2) is 5.82 Å². The normalized spacial score (nSPS) is 11.5. The van der Waals surface area contributed by atoms with Crippen molar-refractivity contribution in [3.05, 3.63) is 76.3 Å². The molecule has 1 heterocycles. The van der Waals surface area contributed by atoms with Crippen LogP contribution in [0.2, 0.25) is 0 Å². The molecule has 0 amide bonds. The number of benzene rings is 2. The lowest BCUT2D eigenvalue weighted by Crippen LogP contribution is -2.21. The molecule has 27 heavy (non-hydrogen) atoms. The van der Waals surface area contributed by atoms with Crippen molar-refractivity contribution in [2.24, 2.45) is 5.14 Å². The molecule has 8 nitrogen and oxygen atoms in total. The highest BCUT2D eigenvalue weighted by Gasteiger charge is 2.12. The number of hydrogen-bond acceptors (Lipinski definition) is 6. The zero-order valence-electron chi connectivity index (χ0n) is 14.0. The lowest BCUT2D eigenvalue weighted by molar-refractivity contribution is 0.289. The van der Waals surface area contributed by atoms with Gasteiger partial charge < -0.3 is 4.74 Å². The summed E-state index contributed by atoms with van der Waals surface area (Å²) < 4.78 is 46.9. The maximum absolute atomic E-state index is 13.0. The number of primary sulfonamides is 1. The van der Waals surface area contributed by atoms with Crippen molar-refractivity contribution in [1.29, 1.82) is 0 Å².